The molecule has 8 nitrogen and oxygen atoms in total. The molecule has 9 heteroatoms. The van der Waals surface area contributed by atoms with Crippen LogP contribution in [0.3, 0.4) is 0 Å². The van der Waals surface area contributed by atoms with Gasteiger partial charge in [-0.15, -0.1) is 0 Å². The number of halogens is 1. The standard InChI is InChI=1S/C18H22ClN3O5/c1-26-18-10-13(2-5-17(18)27-9-8-23)12-20-6-7-21-16-4-3-14(22(24)25)11-15(16)19/h2-5,10-11,20-21,23H,6-9,12H2,1H3. The quantitative estimate of drug-likeness (QED) is 0.305. The lowest BCUT2D eigenvalue weighted by atomic mass is 10.2. The van der Waals surface area contributed by atoms with Crippen LogP contribution in [0, 0.1) is 10.1 Å². The number of nitrogens with one attached hydrogen (secondary N) is 2. The van der Waals surface area contributed by atoms with E-state index in [4.69, 9.17) is 26.2 Å². The normalized spacial score (nSPS) is 10.5. The first-order chi connectivity index (χ1) is 13.0. The first-order valence-corrected chi connectivity index (χ1v) is 8.72. The zero-order valence-electron chi connectivity index (χ0n) is 14.9. The third kappa shape index (κ3) is 6.28. The average molecular weight is 396 g/mol. The van der Waals surface area contributed by atoms with E-state index in [1.165, 1.54) is 12.1 Å². The first kappa shape index (κ1) is 20.8. The highest BCUT2D eigenvalue weighted by Crippen LogP contribution is 2.28. The van der Waals surface area contributed by atoms with Crippen molar-refractivity contribution in [2.45, 2.75) is 6.54 Å². The molecular formula is C18H22ClN3O5. The Balaban J connectivity index is 1.79. The van der Waals surface area contributed by atoms with E-state index in [0.29, 0.717) is 41.8 Å². The summed E-state index contributed by atoms with van der Waals surface area (Å²) in [6.45, 7) is 2.06. The van der Waals surface area contributed by atoms with Gasteiger partial charge in [0.15, 0.2) is 11.5 Å². The van der Waals surface area contributed by atoms with Gasteiger partial charge >= 0.3 is 0 Å². The lowest BCUT2D eigenvalue weighted by Crippen LogP contribution is -2.21. The number of aliphatic hydroxyl groups excluding tert-OH is 1. The highest BCUT2D eigenvalue weighted by molar-refractivity contribution is 6.33. The topological polar surface area (TPSA) is 106 Å². The van der Waals surface area contributed by atoms with Crippen molar-refractivity contribution >= 4 is 23.0 Å². The SMILES string of the molecule is COc1cc(CNCCNc2ccc([N+](=O)[O-])cc2Cl)ccc1OCCO. The van der Waals surface area contributed by atoms with Crippen LogP contribution < -0.4 is 20.1 Å². The van der Waals surface area contributed by atoms with Crippen molar-refractivity contribution in [1.29, 1.82) is 0 Å². The van der Waals surface area contributed by atoms with E-state index in [9.17, 15) is 10.1 Å². The van der Waals surface area contributed by atoms with Crippen molar-refractivity contribution in [3.05, 3.63) is 57.1 Å². The smallest absolute Gasteiger partial charge is 0.271 e. The Morgan fingerprint density at radius 1 is 1.19 bits per heavy atom. The third-order valence-electron chi connectivity index (χ3n) is 3.69. The molecule has 0 bridgehead atoms. The molecule has 0 unspecified atom stereocenters. The Morgan fingerprint density at radius 3 is 2.67 bits per heavy atom. The second-order valence-corrected chi connectivity index (χ2v) is 5.99. The zero-order valence-corrected chi connectivity index (χ0v) is 15.7. The predicted molar refractivity (Wildman–Crippen MR) is 104 cm³/mol. The molecule has 0 aromatic heterocycles. The molecule has 0 spiro atoms. The van der Waals surface area contributed by atoms with E-state index in [2.05, 4.69) is 10.6 Å². The molecular weight excluding hydrogens is 374 g/mol. The molecule has 0 amide bonds. The fourth-order valence-corrected chi connectivity index (χ4v) is 2.62. The van der Waals surface area contributed by atoms with Gasteiger partial charge in [0.05, 0.1) is 29.4 Å². The van der Waals surface area contributed by atoms with Crippen LogP contribution in [-0.4, -0.2) is 43.4 Å². The van der Waals surface area contributed by atoms with E-state index in [-0.39, 0.29) is 18.9 Å². The van der Waals surface area contributed by atoms with Crippen LogP contribution in [-0.2, 0) is 6.54 Å². The minimum absolute atomic E-state index is 0.0379. The lowest BCUT2D eigenvalue weighted by Gasteiger charge is -2.12. The maximum Gasteiger partial charge on any atom is 0.271 e. The number of anilines is 1. The van der Waals surface area contributed by atoms with E-state index < -0.39 is 4.92 Å². The van der Waals surface area contributed by atoms with Crippen LogP contribution in [0.5, 0.6) is 11.5 Å². The van der Waals surface area contributed by atoms with Crippen molar-refractivity contribution < 1.29 is 19.5 Å². The van der Waals surface area contributed by atoms with E-state index in [1.807, 2.05) is 12.1 Å². The molecule has 3 N–H and O–H groups in total. The van der Waals surface area contributed by atoms with Gasteiger partial charge in [0, 0.05) is 31.8 Å². The van der Waals surface area contributed by atoms with Gasteiger partial charge in [-0.05, 0) is 23.8 Å². The number of ether oxygens (including phenoxy) is 2. The van der Waals surface area contributed by atoms with E-state index in [1.54, 1.807) is 19.2 Å². The lowest BCUT2D eigenvalue weighted by molar-refractivity contribution is -0.384. The molecule has 27 heavy (non-hydrogen) atoms. The van der Waals surface area contributed by atoms with Crippen molar-refractivity contribution in [1.82, 2.24) is 5.32 Å². The molecule has 0 aliphatic heterocycles. The summed E-state index contributed by atoms with van der Waals surface area (Å²) < 4.78 is 10.7. The Kier molecular flexibility index (Phi) is 8.12. The Labute approximate surface area is 162 Å². The number of hydrogen-bond acceptors (Lipinski definition) is 7. The van der Waals surface area contributed by atoms with Crippen LogP contribution in [0.25, 0.3) is 0 Å². The minimum Gasteiger partial charge on any atom is -0.493 e. The molecule has 0 radical (unpaired) electrons. The zero-order chi connectivity index (χ0) is 19.6. The number of hydrogen-bond donors (Lipinski definition) is 3. The van der Waals surface area contributed by atoms with Crippen LogP contribution in [0.1, 0.15) is 5.56 Å². The highest BCUT2D eigenvalue weighted by atomic mass is 35.5. The van der Waals surface area contributed by atoms with Gasteiger partial charge in [0.25, 0.3) is 5.69 Å². The second-order valence-electron chi connectivity index (χ2n) is 5.58. The van der Waals surface area contributed by atoms with Gasteiger partial charge in [-0.2, -0.15) is 0 Å². The molecule has 2 aromatic rings. The van der Waals surface area contributed by atoms with Crippen LogP contribution >= 0.6 is 11.6 Å². The molecule has 0 aliphatic carbocycles. The fraction of sp³-hybridized carbons (Fsp3) is 0.333. The summed E-state index contributed by atoms with van der Waals surface area (Å²) in [6, 6.07) is 9.93. The van der Waals surface area contributed by atoms with Gasteiger partial charge in [-0.1, -0.05) is 17.7 Å². The van der Waals surface area contributed by atoms with Gasteiger partial charge in [0.2, 0.25) is 0 Å². The molecule has 0 saturated heterocycles. The average Bonchev–Trinajstić information content (AvgIpc) is 2.67. The number of aliphatic hydroxyl groups is 1. The second kappa shape index (κ2) is 10.6. The number of rotatable bonds is 11. The largest absolute Gasteiger partial charge is 0.493 e. The maximum absolute atomic E-state index is 10.7. The number of nitrogens with zero attached hydrogens (tertiary/aromatic N) is 1. The van der Waals surface area contributed by atoms with Crippen LogP contribution in [0.4, 0.5) is 11.4 Å². The molecule has 0 heterocycles. The monoisotopic (exact) mass is 395 g/mol. The number of benzene rings is 2. The van der Waals surface area contributed by atoms with Crippen LogP contribution in [0.15, 0.2) is 36.4 Å². The third-order valence-corrected chi connectivity index (χ3v) is 4.00. The summed E-state index contributed by atoms with van der Waals surface area (Å²) in [6.07, 6.45) is 0. The molecule has 0 fully saturated rings. The molecule has 0 saturated carbocycles. The van der Waals surface area contributed by atoms with Crippen LogP contribution in [0.2, 0.25) is 5.02 Å². The molecule has 146 valence electrons. The predicted octanol–water partition coefficient (Wildman–Crippen LogP) is 2.83. The van der Waals surface area contributed by atoms with Crippen molar-refractivity contribution in [2.24, 2.45) is 0 Å². The van der Waals surface area contributed by atoms with E-state index in [0.717, 1.165) is 5.56 Å². The first-order valence-electron chi connectivity index (χ1n) is 8.34. The van der Waals surface area contributed by atoms with E-state index >= 15 is 0 Å². The maximum atomic E-state index is 10.7. The van der Waals surface area contributed by atoms with Crippen molar-refractivity contribution in [3.63, 3.8) is 0 Å². The Morgan fingerprint density at radius 2 is 2.00 bits per heavy atom. The Bertz CT molecular complexity index is 773. The number of nitro benzene ring substituents is 1. The van der Waals surface area contributed by atoms with Crippen molar-refractivity contribution in [3.8, 4) is 11.5 Å². The molecule has 2 rings (SSSR count). The van der Waals surface area contributed by atoms with Gasteiger partial charge in [-0.25, -0.2) is 0 Å². The summed E-state index contributed by atoms with van der Waals surface area (Å²) in [5, 5.41) is 26.3. The summed E-state index contributed by atoms with van der Waals surface area (Å²) in [4.78, 5) is 10.2. The Hall–Kier alpha value is -2.55. The summed E-state index contributed by atoms with van der Waals surface area (Å²) >= 11 is 6.04. The number of non-ortho nitro benzene ring substituents is 1. The fourth-order valence-electron chi connectivity index (χ4n) is 2.38. The molecule has 0 aliphatic rings. The van der Waals surface area contributed by atoms with Gasteiger partial charge in [-0.3, -0.25) is 10.1 Å². The summed E-state index contributed by atoms with van der Waals surface area (Å²) in [5.41, 5.74) is 1.64. The highest BCUT2D eigenvalue weighted by Gasteiger charge is 2.09. The van der Waals surface area contributed by atoms with Gasteiger partial charge < -0.3 is 25.2 Å². The number of nitro groups is 1. The summed E-state index contributed by atoms with van der Waals surface area (Å²) in [7, 11) is 1.57. The number of methoxy groups -OCH3 is 1. The van der Waals surface area contributed by atoms with Gasteiger partial charge in [0.1, 0.15) is 6.61 Å². The summed E-state index contributed by atoms with van der Waals surface area (Å²) in [5.74, 6) is 1.20. The molecule has 0 atom stereocenters. The molecule has 2 aromatic carbocycles. The minimum atomic E-state index is -0.481. The van der Waals surface area contributed by atoms with Crippen molar-refractivity contribution in [2.75, 3.05) is 38.7 Å².